The molecule has 4 rings (SSSR count). The van der Waals surface area contributed by atoms with E-state index in [2.05, 4.69) is 15.0 Å². The third kappa shape index (κ3) is 2.01. The SMILES string of the molecule is CSc1ncccc1C(=O)N1[C@H]2CC[C@H]1c1cncnc1C2. The summed E-state index contributed by atoms with van der Waals surface area (Å²) < 4.78 is 0. The first kappa shape index (κ1) is 13.7. The molecule has 22 heavy (non-hydrogen) atoms. The number of carbonyl (C=O) groups is 1. The van der Waals surface area contributed by atoms with Gasteiger partial charge < -0.3 is 4.90 Å². The maximum atomic E-state index is 13.1. The molecule has 1 amide bonds. The molecule has 112 valence electrons. The molecule has 0 aromatic carbocycles. The molecule has 1 fully saturated rings. The van der Waals surface area contributed by atoms with Gasteiger partial charge in [-0.25, -0.2) is 15.0 Å². The van der Waals surface area contributed by atoms with Gasteiger partial charge in [-0.05, 0) is 31.2 Å². The summed E-state index contributed by atoms with van der Waals surface area (Å²) in [7, 11) is 0. The molecule has 2 aliphatic rings. The second-order valence-corrected chi connectivity index (χ2v) is 6.44. The Morgan fingerprint density at radius 3 is 3.14 bits per heavy atom. The van der Waals surface area contributed by atoms with Crippen molar-refractivity contribution < 1.29 is 4.79 Å². The number of aromatic nitrogens is 3. The molecule has 0 radical (unpaired) electrons. The van der Waals surface area contributed by atoms with E-state index in [1.807, 2.05) is 29.5 Å². The summed E-state index contributed by atoms with van der Waals surface area (Å²) in [5.74, 6) is 0.0828. The molecule has 2 aromatic heterocycles. The zero-order valence-electron chi connectivity index (χ0n) is 12.3. The highest BCUT2D eigenvalue weighted by molar-refractivity contribution is 7.98. The Balaban J connectivity index is 1.74. The lowest BCUT2D eigenvalue weighted by Gasteiger charge is -2.35. The average molecular weight is 312 g/mol. The number of carbonyl (C=O) groups excluding carboxylic acids is 1. The van der Waals surface area contributed by atoms with Crippen LogP contribution >= 0.6 is 11.8 Å². The van der Waals surface area contributed by atoms with E-state index in [4.69, 9.17) is 0 Å². The van der Waals surface area contributed by atoms with Crippen molar-refractivity contribution in [2.75, 3.05) is 6.26 Å². The normalized spacial score (nSPS) is 22.5. The van der Waals surface area contributed by atoms with E-state index in [0.29, 0.717) is 5.56 Å². The predicted molar refractivity (Wildman–Crippen MR) is 83.7 cm³/mol. The fourth-order valence-corrected chi connectivity index (χ4v) is 4.13. The molecule has 2 bridgehead atoms. The number of rotatable bonds is 2. The van der Waals surface area contributed by atoms with Crippen LogP contribution in [-0.2, 0) is 6.42 Å². The molecule has 0 N–H and O–H groups in total. The van der Waals surface area contributed by atoms with Crippen LogP contribution in [0.25, 0.3) is 0 Å². The Morgan fingerprint density at radius 1 is 1.36 bits per heavy atom. The smallest absolute Gasteiger partial charge is 0.257 e. The topological polar surface area (TPSA) is 59.0 Å². The van der Waals surface area contributed by atoms with Gasteiger partial charge in [-0.1, -0.05) is 0 Å². The summed E-state index contributed by atoms with van der Waals surface area (Å²) in [6, 6.07) is 4.06. The molecule has 2 atom stereocenters. The van der Waals surface area contributed by atoms with Crippen molar-refractivity contribution in [2.24, 2.45) is 0 Å². The van der Waals surface area contributed by atoms with Crippen molar-refractivity contribution in [3.63, 3.8) is 0 Å². The molecule has 0 unspecified atom stereocenters. The van der Waals surface area contributed by atoms with Crippen LogP contribution in [0.1, 0.15) is 40.5 Å². The van der Waals surface area contributed by atoms with Crippen LogP contribution < -0.4 is 0 Å². The van der Waals surface area contributed by atoms with Gasteiger partial charge in [0.1, 0.15) is 11.4 Å². The van der Waals surface area contributed by atoms with E-state index in [-0.39, 0.29) is 18.0 Å². The number of thioether (sulfide) groups is 1. The lowest BCUT2D eigenvalue weighted by molar-refractivity contribution is 0.0639. The Morgan fingerprint density at radius 2 is 2.27 bits per heavy atom. The van der Waals surface area contributed by atoms with Crippen LogP contribution in [0.4, 0.5) is 0 Å². The second-order valence-electron chi connectivity index (χ2n) is 5.65. The van der Waals surface area contributed by atoms with Gasteiger partial charge in [-0.3, -0.25) is 4.79 Å². The van der Waals surface area contributed by atoms with Crippen LogP contribution in [0.2, 0.25) is 0 Å². The number of amides is 1. The summed E-state index contributed by atoms with van der Waals surface area (Å²) in [5.41, 5.74) is 2.91. The molecular formula is C16H16N4OS. The minimum atomic E-state index is 0.0828. The molecule has 0 spiro atoms. The van der Waals surface area contributed by atoms with Crippen molar-refractivity contribution in [2.45, 2.75) is 36.4 Å². The molecule has 2 aromatic rings. The van der Waals surface area contributed by atoms with Crippen molar-refractivity contribution in [1.82, 2.24) is 19.9 Å². The number of pyridine rings is 1. The summed E-state index contributed by atoms with van der Waals surface area (Å²) >= 11 is 1.51. The molecule has 5 nitrogen and oxygen atoms in total. The van der Waals surface area contributed by atoms with Crippen molar-refractivity contribution in [3.8, 4) is 0 Å². The minimum absolute atomic E-state index is 0.0828. The predicted octanol–water partition coefficient (Wildman–Crippen LogP) is 2.50. The molecule has 2 aliphatic heterocycles. The maximum absolute atomic E-state index is 13.1. The van der Waals surface area contributed by atoms with Crippen LogP contribution in [0.5, 0.6) is 0 Å². The summed E-state index contributed by atoms with van der Waals surface area (Å²) in [6.45, 7) is 0. The molecule has 1 saturated heterocycles. The van der Waals surface area contributed by atoms with Crippen molar-refractivity contribution in [1.29, 1.82) is 0 Å². The van der Waals surface area contributed by atoms with Gasteiger partial charge >= 0.3 is 0 Å². The van der Waals surface area contributed by atoms with Gasteiger partial charge in [-0.2, -0.15) is 0 Å². The van der Waals surface area contributed by atoms with Crippen LogP contribution in [0.15, 0.2) is 35.9 Å². The van der Waals surface area contributed by atoms with E-state index in [0.717, 1.165) is 35.5 Å². The van der Waals surface area contributed by atoms with Gasteiger partial charge in [0.05, 0.1) is 17.3 Å². The van der Waals surface area contributed by atoms with Crippen molar-refractivity contribution in [3.05, 3.63) is 47.7 Å². The van der Waals surface area contributed by atoms with Crippen LogP contribution in [0.3, 0.4) is 0 Å². The van der Waals surface area contributed by atoms with E-state index >= 15 is 0 Å². The van der Waals surface area contributed by atoms with Gasteiger partial charge in [0.2, 0.25) is 0 Å². The van der Waals surface area contributed by atoms with E-state index in [1.54, 1.807) is 12.5 Å². The minimum Gasteiger partial charge on any atom is -0.328 e. The summed E-state index contributed by atoms with van der Waals surface area (Å²) in [4.78, 5) is 28.0. The molecule has 4 heterocycles. The summed E-state index contributed by atoms with van der Waals surface area (Å²) in [6.07, 6.45) is 10.0. The lowest BCUT2D eigenvalue weighted by Crippen LogP contribution is -2.42. The highest BCUT2D eigenvalue weighted by atomic mass is 32.2. The Kier molecular flexibility index (Phi) is 3.33. The maximum Gasteiger partial charge on any atom is 0.257 e. The number of fused-ring (bicyclic) bond motifs is 4. The molecular weight excluding hydrogens is 296 g/mol. The first-order chi connectivity index (χ1) is 10.8. The molecule has 0 saturated carbocycles. The van der Waals surface area contributed by atoms with E-state index in [1.165, 1.54) is 11.8 Å². The number of hydrogen-bond acceptors (Lipinski definition) is 5. The van der Waals surface area contributed by atoms with Crippen LogP contribution in [0, 0.1) is 0 Å². The monoisotopic (exact) mass is 312 g/mol. The Hall–Kier alpha value is -1.95. The highest BCUT2D eigenvalue weighted by Crippen LogP contribution is 2.43. The van der Waals surface area contributed by atoms with Gasteiger partial charge in [0, 0.05) is 30.4 Å². The zero-order valence-corrected chi connectivity index (χ0v) is 13.1. The molecule has 6 heteroatoms. The number of nitrogens with zero attached hydrogens (tertiary/aromatic N) is 4. The van der Waals surface area contributed by atoms with E-state index in [9.17, 15) is 4.79 Å². The van der Waals surface area contributed by atoms with Crippen LogP contribution in [-0.4, -0.2) is 38.1 Å². The standard InChI is InChI=1S/C16H16N4OS/c1-22-15-11(3-2-6-18-15)16(21)20-10-4-5-14(20)12-8-17-9-19-13(12)7-10/h2-3,6,8-10,14H,4-5,7H2,1H3/t10-,14-/m0/s1. The first-order valence-electron chi connectivity index (χ1n) is 7.40. The average Bonchev–Trinajstić information content (AvgIpc) is 2.89. The number of hydrogen-bond donors (Lipinski definition) is 0. The Bertz CT molecular complexity index is 736. The quantitative estimate of drug-likeness (QED) is 0.797. The zero-order chi connectivity index (χ0) is 15.1. The Labute approximate surface area is 133 Å². The summed E-state index contributed by atoms with van der Waals surface area (Å²) in [5, 5.41) is 0.794. The van der Waals surface area contributed by atoms with Gasteiger partial charge in [0.15, 0.2) is 0 Å². The highest BCUT2D eigenvalue weighted by Gasteiger charge is 2.43. The van der Waals surface area contributed by atoms with Gasteiger partial charge in [0.25, 0.3) is 5.91 Å². The largest absolute Gasteiger partial charge is 0.328 e. The third-order valence-electron chi connectivity index (χ3n) is 4.55. The fourth-order valence-electron chi connectivity index (χ4n) is 3.59. The van der Waals surface area contributed by atoms with E-state index < -0.39 is 0 Å². The van der Waals surface area contributed by atoms with Gasteiger partial charge in [-0.15, -0.1) is 11.8 Å². The third-order valence-corrected chi connectivity index (χ3v) is 5.26. The van der Waals surface area contributed by atoms with Crippen molar-refractivity contribution >= 4 is 17.7 Å². The fraction of sp³-hybridized carbons (Fsp3) is 0.375. The first-order valence-corrected chi connectivity index (χ1v) is 8.62. The second kappa shape index (κ2) is 5.35. The molecule has 0 aliphatic carbocycles. The lowest BCUT2D eigenvalue weighted by atomic mass is 9.98.